The normalized spacial score (nSPS) is 14.7. The predicted molar refractivity (Wildman–Crippen MR) is 89.6 cm³/mol. The van der Waals surface area contributed by atoms with E-state index in [2.05, 4.69) is 23.3 Å². The van der Waals surface area contributed by atoms with Crippen LogP contribution in [0.4, 0.5) is 11.4 Å². The third-order valence-corrected chi connectivity index (χ3v) is 4.17. The average Bonchev–Trinajstić information content (AvgIpc) is 3.13. The number of ether oxygens (including phenoxy) is 1. The van der Waals surface area contributed by atoms with Crippen LogP contribution >= 0.6 is 0 Å². The van der Waals surface area contributed by atoms with Crippen LogP contribution < -0.4 is 10.2 Å². The summed E-state index contributed by atoms with van der Waals surface area (Å²) in [5.74, 6) is 0.996. The van der Waals surface area contributed by atoms with Crippen LogP contribution in [0.2, 0.25) is 0 Å². The lowest BCUT2D eigenvalue weighted by atomic mass is 10.1. The zero-order valence-electron chi connectivity index (χ0n) is 13.7. The van der Waals surface area contributed by atoms with E-state index in [-0.39, 0.29) is 18.6 Å². The quantitative estimate of drug-likeness (QED) is 0.918. The lowest BCUT2D eigenvalue weighted by Gasteiger charge is -2.18. The fourth-order valence-corrected chi connectivity index (χ4v) is 3.06. The molecule has 1 N–H and O–H groups in total. The highest BCUT2D eigenvalue weighted by Crippen LogP contribution is 2.31. The van der Waals surface area contributed by atoms with Crippen LogP contribution in [0.25, 0.3) is 0 Å². The molecule has 6 heteroatoms. The van der Waals surface area contributed by atoms with E-state index < -0.39 is 0 Å². The Hall–Kier alpha value is -2.34. The first-order valence-corrected chi connectivity index (χ1v) is 7.76. The lowest BCUT2D eigenvalue weighted by molar-refractivity contribution is -0.122. The van der Waals surface area contributed by atoms with Gasteiger partial charge in [-0.05, 0) is 37.1 Å². The third kappa shape index (κ3) is 3.07. The molecule has 3 rings (SSSR count). The molecular formula is C17H22N4O2. The van der Waals surface area contributed by atoms with Gasteiger partial charge in [-0.1, -0.05) is 0 Å². The highest BCUT2D eigenvalue weighted by Gasteiger charge is 2.24. The summed E-state index contributed by atoms with van der Waals surface area (Å²) in [4.78, 5) is 18.2. The molecule has 0 saturated carbocycles. The Bertz CT molecular complexity index is 710. The predicted octanol–water partition coefficient (Wildman–Crippen LogP) is 2.13. The number of carbonyl (C=O) groups excluding carboxylic acids is 1. The van der Waals surface area contributed by atoms with Crippen LogP contribution in [-0.4, -0.2) is 35.7 Å². The first kappa shape index (κ1) is 15.6. The number of imidazole rings is 1. The van der Waals surface area contributed by atoms with Gasteiger partial charge in [-0.15, -0.1) is 0 Å². The monoisotopic (exact) mass is 314 g/mol. The second-order valence-corrected chi connectivity index (χ2v) is 5.83. The first-order valence-electron chi connectivity index (χ1n) is 7.76. The lowest BCUT2D eigenvalue weighted by Crippen LogP contribution is -2.31. The first-order chi connectivity index (χ1) is 11.1. The molecule has 0 spiro atoms. The van der Waals surface area contributed by atoms with Crippen molar-refractivity contribution in [1.29, 1.82) is 0 Å². The van der Waals surface area contributed by atoms with E-state index in [1.807, 2.05) is 29.9 Å². The standard InChI is InChI=1S/C17H22N4O2/c1-12(17-18-7-9-20(17)2)19-14-4-5-15-13(10-14)6-8-21(15)16(22)11-23-3/h4-5,7,9-10,12,19H,6,8,11H2,1-3H3. The van der Waals surface area contributed by atoms with Gasteiger partial charge >= 0.3 is 0 Å². The number of nitrogens with one attached hydrogen (secondary N) is 1. The van der Waals surface area contributed by atoms with Crippen LogP contribution in [0.15, 0.2) is 30.6 Å². The molecule has 1 aliphatic heterocycles. The van der Waals surface area contributed by atoms with Crippen molar-refractivity contribution in [1.82, 2.24) is 9.55 Å². The van der Waals surface area contributed by atoms with Crippen LogP contribution in [-0.2, 0) is 23.0 Å². The topological polar surface area (TPSA) is 59.4 Å². The minimum atomic E-state index is 0.00772. The van der Waals surface area contributed by atoms with Crippen LogP contribution in [0, 0.1) is 0 Å². The largest absolute Gasteiger partial charge is 0.375 e. The van der Waals surface area contributed by atoms with E-state index in [9.17, 15) is 4.79 Å². The van der Waals surface area contributed by atoms with E-state index in [0.717, 1.165) is 30.2 Å². The summed E-state index contributed by atoms with van der Waals surface area (Å²) in [6, 6.07) is 6.25. The van der Waals surface area contributed by atoms with Gasteiger partial charge in [0, 0.05) is 44.5 Å². The molecule has 2 aromatic rings. The summed E-state index contributed by atoms with van der Waals surface area (Å²) in [5.41, 5.74) is 3.22. The zero-order valence-corrected chi connectivity index (χ0v) is 13.7. The summed E-state index contributed by atoms with van der Waals surface area (Å²) in [7, 11) is 3.53. The molecule has 122 valence electrons. The zero-order chi connectivity index (χ0) is 16.4. The third-order valence-electron chi connectivity index (χ3n) is 4.17. The number of aryl methyl sites for hydroxylation is 1. The van der Waals surface area contributed by atoms with Crippen molar-refractivity contribution < 1.29 is 9.53 Å². The number of fused-ring (bicyclic) bond motifs is 1. The van der Waals surface area contributed by atoms with Gasteiger partial charge in [-0.3, -0.25) is 4.79 Å². The molecule has 0 bridgehead atoms. The number of methoxy groups -OCH3 is 1. The van der Waals surface area contributed by atoms with Crippen LogP contribution in [0.1, 0.15) is 24.4 Å². The molecule has 1 aromatic carbocycles. The van der Waals surface area contributed by atoms with Gasteiger partial charge < -0.3 is 19.5 Å². The fourth-order valence-electron chi connectivity index (χ4n) is 3.06. The number of hydrogen-bond acceptors (Lipinski definition) is 4. The number of hydrogen-bond donors (Lipinski definition) is 1. The number of carbonyl (C=O) groups is 1. The van der Waals surface area contributed by atoms with Gasteiger partial charge in [0.1, 0.15) is 12.4 Å². The van der Waals surface area contributed by atoms with Gasteiger partial charge in [0.25, 0.3) is 5.91 Å². The summed E-state index contributed by atoms with van der Waals surface area (Å²) in [5, 5.41) is 3.47. The van der Waals surface area contributed by atoms with Crippen molar-refractivity contribution in [2.24, 2.45) is 7.05 Å². The molecule has 2 heterocycles. The minimum Gasteiger partial charge on any atom is -0.375 e. The molecule has 0 aliphatic carbocycles. The number of aromatic nitrogens is 2. The van der Waals surface area contributed by atoms with Crippen molar-refractivity contribution in [2.45, 2.75) is 19.4 Å². The summed E-state index contributed by atoms with van der Waals surface area (Å²) >= 11 is 0. The number of nitrogens with zero attached hydrogens (tertiary/aromatic N) is 3. The van der Waals surface area contributed by atoms with Gasteiger partial charge in [0.05, 0.1) is 6.04 Å². The van der Waals surface area contributed by atoms with E-state index in [0.29, 0.717) is 0 Å². The second-order valence-electron chi connectivity index (χ2n) is 5.83. The maximum absolute atomic E-state index is 12.0. The van der Waals surface area contributed by atoms with Gasteiger partial charge in [0.2, 0.25) is 0 Å². The minimum absolute atomic E-state index is 0.00772. The number of rotatable bonds is 5. The molecule has 1 unspecified atom stereocenters. The van der Waals surface area contributed by atoms with Crippen molar-refractivity contribution in [3.8, 4) is 0 Å². The Labute approximate surface area is 136 Å². The van der Waals surface area contributed by atoms with Crippen molar-refractivity contribution in [2.75, 3.05) is 30.5 Å². The summed E-state index contributed by atoms with van der Waals surface area (Å²) in [6.07, 6.45) is 4.61. The Morgan fingerprint density at radius 2 is 2.30 bits per heavy atom. The Kier molecular flexibility index (Phi) is 4.34. The summed E-state index contributed by atoms with van der Waals surface area (Å²) in [6.45, 7) is 2.93. The SMILES string of the molecule is COCC(=O)N1CCc2cc(NC(C)c3nccn3C)ccc21. The molecule has 1 amide bonds. The van der Waals surface area contributed by atoms with Crippen molar-refractivity contribution in [3.63, 3.8) is 0 Å². The van der Waals surface area contributed by atoms with Crippen molar-refractivity contribution >= 4 is 17.3 Å². The highest BCUT2D eigenvalue weighted by molar-refractivity contribution is 5.96. The molecule has 6 nitrogen and oxygen atoms in total. The second kappa shape index (κ2) is 6.42. The Morgan fingerprint density at radius 3 is 3.00 bits per heavy atom. The van der Waals surface area contributed by atoms with Gasteiger partial charge in [0.15, 0.2) is 0 Å². The number of amides is 1. The van der Waals surface area contributed by atoms with E-state index in [4.69, 9.17) is 4.74 Å². The van der Waals surface area contributed by atoms with Gasteiger partial charge in [-0.2, -0.15) is 0 Å². The molecule has 1 aliphatic rings. The molecule has 0 saturated heterocycles. The summed E-state index contributed by atoms with van der Waals surface area (Å²) < 4.78 is 6.96. The van der Waals surface area contributed by atoms with Crippen LogP contribution in [0.3, 0.4) is 0 Å². The van der Waals surface area contributed by atoms with Crippen LogP contribution in [0.5, 0.6) is 0 Å². The highest BCUT2D eigenvalue weighted by atomic mass is 16.5. The van der Waals surface area contributed by atoms with E-state index in [1.54, 1.807) is 18.2 Å². The molecule has 0 radical (unpaired) electrons. The molecule has 23 heavy (non-hydrogen) atoms. The fraction of sp³-hybridized carbons (Fsp3) is 0.412. The molecular weight excluding hydrogens is 292 g/mol. The van der Waals surface area contributed by atoms with E-state index >= 15 is 0 Å². The number of anilines is 2. The maximum Gasteiger partial charge on any atom is 0.252 e. The van der Waals surface area contributed by atoms with Crippen molar-refractivity contribution in [3.05, 3.63) is 42.0 Å². The number of benzene rings is 1. The van der Waals surface area contributed by atoms with E-state index in [1.165, 1.54) is 5.56 Å². The Morgan fingerprint density at radius 1 is 1.48 bits per heavy atom. The molecule has 1 atom stereocenters. The van der Waals surface area contributed by atoms with Gasteiger partial charge in [-0.25, -0.2) is 4.98 Å². The Balaban J connectivity index is 1.75. The maximum atomic E-state index is 12.0. The smallest absolute Gasteiger partial charge is 0.252 e. The molecule has 0 fully saturated rings. The average molecular weight is 314 g/mol. The molecule has 1 aromatic heterocycles.